The van der Waals surface area contributed by atoms with E-state index in [1.54, 1.807) is 28.8 Å². The number of nitro groups is 1. The van der Waals surface area contributed by atoms with Crippen LogP contribution in [0.3, 0.4) is 0 Å². The van der Waals surface area contributed by atoms with Crippen molar-refractivity contribution < 1.29 is 14.5 Å². The largest absolute Gasteiger partial charge is 0.294 e. The molecule has 10 heteroatoms. The highest BCUT2D eigenvalue weighted by Crippen LogP contribution is 2.49. The van der Waals surface area contributed by atoms with Crippen LogP contribution in [0.1, 0.15) is 51.5 Å². The molecule has 162 valence electrons. The lowest BCUT2D eigenvalue weighted by molar-refractivity contribution is -0.384. The van der Waals surface area contributed by atoms with Crippen LogP contribution in [0, 0.1) is 15.5 Å². The zero-order chi connectivity index (χ0) is 22.3. The number of anilines is 1. The van der Waals surface area contributed by atoms with Crippen LogP contribution in [0.4, 0.5) is 10.8 Å². The minimum Gasteiger partial charge on any atom is -0.294 e. The first kappa shape index (κ1) is 21.6. The predicted molar refractivity (Wildman–Crippen MR) is 119 cm³/mol. The maximum absolute atomic E-state index is 13.3. The van der Waals surface area contributed by atoms with Gasteiger partial charge in [0.15, 0.2) is 10.1 Å². The van der Waals surface area contributed by atoms with Gasteiger partial charge in [-0.3, -0.25) is 24.6 Å². The number of non-ortho nitro benzene ring substituents is 1. The molecule has 0 saturated carbocycles. The molecule has 0 fully saturated rings. The number of allylic oxidation sites excluding steroid dienone is 2. The molecule has 1 atom stereocenters. The van der Waals surface area contributed by atoms with Crippen molar-refractivity contribution in [2.24, 2.45) is 5.41 Å². The number of hydrogen-bond acceptors (Lipinski definition) is 8. The van der Waals surface area contributed by atoms with Gasteiger partial charge in [0.2, 0.25) is 11.0 Å². The number of nitro benzene ring substituents is 1. The summed E-state index contributed by atoms with van der Waals surface area (Å²) in [4.78, 5) is 38.9. The van der Waals surface area contributed by atoms with Crippen LogP contribution >= 0.6 is 23.1 Å². The lowest BCUT2D eigenvalue weighted by Gasteiger charge is -2.41. The van der Waals surface area contributed by atoms with E-state index in [9.17, 15) is 19.7 Å². The fraction of sp³-hybridized carbons (Fsp3) is 0.429. The molecule has 0 spiro atoms. The average Bonchev–Trinajstić information content (AvgIpc) is 3.14. The molecular weight excluding hydrogens is 436 g/mol. The van der Waals surface area contributed by atoms with Crippen molar-refractivity contribution in [1.29, 1.82) is 0 Å². The number of carbonyl (C=O) groups is 2. The van der Waals surface area contributed by atoms with E-state index in [0.717, 1.165) is 10.1 Å². The number of thioether (sulfide) groups is 1. The highest BCUT2D eigenvalue weighted by atomic mass is 32.2. The second kappa shape index (κ2) is 8.16. The number of Topliss-reactive ketones (excluding diaryl/α,β-unsaturated/α-hetero) is 1. The summed E-state index contributed by atoms with van der Waals surface area (Å²) in [6.45, 7) is 6.03. The molecule has 0 unspecified atom stereocenters. The van der Waals surface area contributed by atoms with Crippen LogP contribution in [-0.4, -0.2) is 32.6 Å². The molecule has 2 aromatic rings. The van der Waals surface area contributed by atoms with Crippen LogP contribution in [-0.2, 0) is 9.59 Å². The second-order valence-electron chi connectivity index (χ2n) is 8.42. The van der Waals surface area contributed by atoms with Crippen LogP contribution in [0.25, 0.3) is 0 Å². The molecule has 0 bridgehead atoms. The van der Waals surface area contributed by atoms with Gasteiger partial charge in [0.05, 0.1) is 4.92 Å². The minimum atomic E-state index is -0.500. The molecule has 31 heavy (non-hydrogen) atoms. The number of amides is 1. The second-order valence-corrected chi connectivity index (χ2v) is 10.9. The molecule has 1 aliphatic carbocycles. The highest BCUT2D eigenvalue weighted by Gasteiger charge is 2.45. The number of hydrogen-bond donors (Lipinski definition) is 0. The normalized spacial score (nSPS) is 20.7. The Bertz CT molecular complexity index is 1110. The molecule has 4 rings (SSSR count). The van der Waals surface area contributed by atoms with Crippen molar-refractivity contribution in [3.8, 4) is 0 Å². The van der Waals surface area contributed by atoms with E-state index in [1.165, 1.54) is 23.5 Å². The lowest BCUT2D eigenvalue weighted by atomic mass is 9.69. The topological polar surface area (TPSA) is 106 Å². The SMILES string of the molecule is CCSc1nnc(N2C(=O)C[C@@H](c3cccc([N+](=O)[O-])c3)C3=C2CC(C)(C)CC3=O)s1. The van der Waals surface area contributed by atoms with Crippen molar-refractivity contribution in [3.05, 3.63) is 51.2 Å². The maximum atomic E-state index is 13.3. The zero-order valence-electron chi connectivity index (χ0n) is 17.5. The smallest absolute Gasteiger partial charge is 0.269 e. The minimum absolute atomic E-state index is 0.0204. The number of nitrogens with zero attached hydrogens (tertiary/aromatic N) is 4. The fourth-order valence-electron chi connectivity index (χ4n) is 4.25. The van der Waals surface area contributed by atoms with Gasteiger partial charge in [0.25, 0.3) is 5.69 Å². The van der Waals surface area contributed by atoms with Crippen molar-refractivity contribution in [2.45, 2.75) is 50.3 Å². The van der Waals surface area contributed by atoms with Gasteiger partial charge in [-0.25, -0.2) is 0 Å². The van der Waals surface area contributed by atoms with Crippen molar-refractivity contribution in [2.75, 3.05) is 10.7 Å². The summed E-state index contributed by atoms with van der Waals surface area (Å²) in [7, 11) is 0. The number of carbonyl (C=O) groups excluding carboxylic acids is 2. The first-order valence-electron chi connectivity index (χ1n) is 10.00. The molecule has 1 aliphatic heterocycles. The molecule has 0 N–H and O–H groups in total. The molecule has 1 amide bonds. The molecular formula is C21H22N4O4S2. The van der Waals surface area contributed by atoms with E-state index in [-0.39, 0.29) is 29.2 Å². The Hall–Kier alpha value is -2.59. The van der Waals surface area contributed by atoms with Crippen LogP contribution < -0.4 is 4.90 Å². The highest BCUT2D eigenvalue weighted by molar-refractivity contribution is 8.01. The van der Waals surface area contributed by atoms with Crippen LogP contribution in [0.15, 0.2) is 39.9 Å². The van der Waals surface area contributed by atoms with Gasteiger partial charge in [-0.1, -0.05) is 56.0 Å². The molecule has 8 nitrogen and oxygen atoms in total. The predicted octanol–water partition coefficient (Wildman–Crippen LogP) is 4.72. The molecule has 2 aliphatic rings. The number of rotatable bonds is 5. The van der Waals surface area contributed by atoms with Crippen LogP contribution in [0.5, 0.6) is 0 Å². The van der Waals surface area contributed by atoms with E-state index in [2.05, 4.69) is 10.2 Å². The Morgan fingerprint density at radius 1 is 1.29 bits per heavy atom. The van der Waals surface area contributed by atoms with Gasteiger partial charge in [-0.2, -0.15) is 0 Å². The van der Waals surface area contributed by atoms with Crippen molar-refractivity contribution in [3.63, 3.8) is 0 Å². The van der Waals surface area contributed by atoms with E-state index in [4.69, 9.17) is 0 Å². The summed E-state index contributed by atoms with van der Waals surface area (Å²) in [5.41, 5.74) is 1.48. The Kier molecular flexibility index (Phi) is 5.69. The van der Waals surface area contributed by atoms with Gasteiger partial charge in [-0.15, -0.1) is 10.2 Å². The van der Waals surface area contributed by atoms with Gasteiger partial charge in [0, 0.05) is 42.2 Å². The maximum Gasteiger partial charge on any atom is 0.269 e. The lowest BCUT2D eigenvalue weighted by Crippen LogP contribution is -2.43. The van der Waals surface area contributed by atoms with Crippen molar-refractivity contribution >= 4 is 45.6 Å². The standard InChI is InChI=1S/C21H22N4O4S2/c1-4-30-20-23-22-19(31-20)24-15-10-21(2,3)11-16(26)18(15)14(9-17(24)27)12-6-5-7-13(8-12)25(28)29/h5-8,14H,4,9-11H2,1-3H3/t14-/m0/s1. The Balaban J connectivity index is 1.85. The summed E-state index contributed by atoms with van der Waals surface area (Å²) in [5, 5.41) is 20.1. The monoisotopic (exact) mass is 458 g/mol. The quantitative estimate of drug-likeness (QED) is 0.276. The summed E-state index contributed by atoms with van der Waals surface area (Å²) in [6, 6.07) is 6.22. The molecule has 1 aromatic heterocycles. The summed E-state index contributed by atoms with van der Waals surface area (Å²) >= 11 is 2.89. The van der Waals surface area contributed by atoms with Crippen LogP contribution in [0.2, 0.25) is 0 Å². The first-order chi connectivity index (χ1) is 14.7. The average molecular weight is 459 g/mol. The third-order valence-corrected chi connectivity index (χ3v) is 7.41. The number of aromatic nitrogens is 2. The zero-order valence-corrected chi connectivity index (χ0v) is 19.1. The molecule has 0 radical (unpaired) electrons. The molecule has 0 saturated heterocycles. The molecule has 2 heterocycles. The summed E-state index contributed by atoms with van der Waals surface area (Å²) < 4.78 is 0.773. The Morgan fingerprint density at radius 2 is 2.06 bits per heavy atom. The Morgan fingerprint density at radius 3 is 2.77 bits per heavy atom. The fourth-order valence-corrected chi connectivity index (χ4v) is 6.03. The van der Waals surface area contributed by atoms with E-state index >= 15 is 0 Å². The number of benzene rings is 1. The molecule has 1 aromatic carbocycles. The van der Waals surface area contributed by atoms with Gasteiger partial charge >= 0.3 is 0 Å². The Labute approximate surface area is 187 Å². The van der Waals surface area contributed by atoms with Gasteiger partial charge < -0.3 is 0 Å². The summed E-state index contributed by atoms with van der Waals surface area (Å²) in [6.07, 6.45) is 0.968. The van der Waals surface area contributed by atoms with Gasteiger partial charge in [0.1, 0.15) is 0 Å². The van der Waals surface area contributed by atoms with E-state index in [1.807, 2.05) is 20.8 Å². The van der Waals surface area contributed by atoms with E-state index < -0.39 is 10.8 Å². The first-order valence-corrected chi connectivity index (χ1v) is 11.8. The van der Waals surface area contributed by atoms with Gasteiger partial charge in [-0.05, 0) is 23.2 Å². The number of ketones is 1. The van der Waals surface area contributed by atoms with E-state index in [0.29, 0.717) is 34.8 Å². The summed E-state index contributed by atoms with van der Waals surface area (Å²) in [5.74, 6) is 0.147. The third kappa shape index (κ3) is 4.14. The third-order valence-electron chi connectivity index (χ3n) is 5.48. The van der Waals surface area contributed by atoms with Crippen molar-refractivity contribution in [1.82, 2.24) is 10.2 Å².